The predicted molar refractivity (Wildman–Crippen MR) is 88.5 cm³/mol. The maximum absolute atomic E-state index is 10.8. The Morgan fingerprint density at radius 1 is 1.38 bits per heavy atom. The lowest BCUT2D eigenvalue weighted by molar-refractivity contribution is -0.384. The molecule has 0 aliphatic heterocycles. The van der Waals surface area contributed by atoms with Crippen molar-refractivity contribution >= 4 is 11.2 Å². The van der Waals surface area contributed by atoms with Crippen LogP contribution in [0.2, 0.25) is 0 Å². The number of rotatable bonds is 5. The van der Waals surface area contributed by atoms with Crippen LogP contribution in [0.1, 0.15) is 11.3 Å². The summed E-state index contributed by atoms with van der Waals surface area (Å²) in [6, 6.07) is 6.44. The number of nitrogens with two attached hydrogens (primary N) is 1. The van der Waals surface area contributed by atoms with E-state index in [1.54, 1.807) is 23.8 Å². The largest absolute Gasteiger partial charge is 0.366 e. The van der Waals surface area contributed by atoms with Gasteiger partial charge < -0.3 is 10.5 Å². The molecule has 124 valence electrons. The van der Waals surface area contributed by atoms with Crippen LogP contribution in [0.15, 0.2) is 36.8 Å². The molecule has 8 heteroatoms. The molecule has 0 aliphatic rings. The SMILES string of the molecule is COC(N)Cc1ncnn2cc(C)c(-c3ccc([N+](=O)[O-])cc3)c12. The summed E-state index contributed by atoms with van der Waals surface area (Å²) in [4.78, 5) is 14.8. The molecule has 0 fully saturated rings. The fourth-order valence-corrected chi connectivity index (χ4v) is 2.73. The van der Waals surface area contributed by atoms with Gasteiger partial charge in [-0.05, 0) is 30.2 Å². The molecule has 1 aromatic carbocycles. The molecule has 0 radical (unpaired) electrons. The van der Waals surface area contributed by atoms with Gasteiger partial charge in [0.1, 0.15) is 12.6 Å². The Labute approximate surface area is 138 Å². The van der Waals surface area contributed by atoms with Gasteiger partial charge in [0.2, 0.25) is 0 Å². The molecular weight excluding hydrogens is 310 g/mol. The number of methoxy groups -OCH3 is 1. The van der Waals surface area contributed by atoms with Crippen molar-refractivity contribution in [2.45, 2.75) is 19.6 Å². The Bertz CT molecular complexity index is 889. The van der Waals surface area contributed by atoms with E-state index in [0.717, 1.165) is 27.9 Å². The summed E-state index contributed by atoms with van der Waals surface area (Å²) in [5, 5.41) is 15.1. The van der Waals surface area contributed by atoms with Crippen molar-refractivity contribution in [3.8, 4) is 11.1 Å². The Morgan fingerprint density at radius 3 is 2.71 bits per heavy atom. The third kappa shape index (κ3) is 2.84. The third-order valence-electron chi connectivity index (χ3n) is 3.90. The van der Waals surface area contributed by atoms with Crippen LogP contribution in [0.4, 0.5) is 5.69 Å². The Balaban J connectivity index is 2.16. The van der Waals surface area contributed by atoms with Gasteiger partial charge in [0.25, 0.3) is 5.69 Å². The highest BCUT2D eigenvalue weighted by Gasteiger charge is 2.17. The smallest absolute Gasteiger partial charge is 0.269 e. The second-order valence-corrected chi connectivity index (χ2v) is 5.47. The predicted octanol–water partition coefficient (Wildman–Crippen LogP) is 2.09. The van der Waals surface area contributed by atoms with Crippen molar-refractivity contribution in [3.05, 3.63) is 58.2 Å². The molecule has 1 unspecified atom stereocenters. The zero-order chi connectivity index (χ0) is 17.3. The molecule has 2 N–H and O–H groups in total. The number of aromatic nitrogens is 3. The number of hydrogen-bond acceptors (Lipinski definition) is 6. The first kappa shape index (κ1) is 16.0. The number of fused-ring (bicyclic) bond motifs is 1. The standard InChI is InChI=1S/C16H17N5O3/c1-10-8-20-16(13(18-9-19-20)7-14(17)24-2)15(10)11-3-5-12(6-4-11)21(22)23/h3-6,8-9,14H,7,17H2,1-2H3. The van der Waals surface area contributed by atoms with Crippen molar-refractivity contribution in [2.75, 3.05) is 7.11 Å². The number of hydrogen-bond donors (Lipinski definition) is 1. The van der Waals surface area contributed by atoms with E-state index in [0.29, 0.717) is 6.42 Å². The van der Waals surface area contributed by atoms with E-state index in [1.807, 2.05) is 13.1 Å². The minimum Gasteiger partial charge on any atom is -0.366 e. The monoisotopic (exact) mass is 327 g/mol. The highest BCUT2D eigenvalue weighted by Crippen LogP contribution is 2.32. The average molecular weight is 327 g/mol. The second-order valence-electron chi connectivity index (χ2n) is 5.47. The molecule has 0 amide bonds. The maximum atomic E-state index is 10.8. The molecule has 1 atom stereocenters. The lowest BCUT2D eigenvalue weighted by atomic mass is 10.0. The number of aryl methyl sites for hydroxylation is 1. The van der Waals surface area contributed by atoms with E-state index < -0.39 is 11.2 Å². The van der Waals surface area contributed by atoms with Crippen LogP contribution in [0.25, 0.3) is 16.6 Å². The molecule has 3 aromatic rings. The molecular formula is C16H17N5O3. The third-order valence-corrected chi connectivity index (χ3v) is 3.90. The second kappa shape index (κ2) is 6.34. The first-order valence-corrected chi connectivity index (χ1v) is 7.36. The van der Waals surface area contributed by atoms with E-state index in [-0.39, 0.29) is 5.69 Å². The van der Waals surface area contributed by atoms with Crippen LogP contribution in [-0.2, 0) is 11.2 Å². The molecule has 8 nitrogen and oxygen atoms in total. The van der Waals surface area contributed by atoms with Gasteiger partial charge in [-0.3, -0.25) is 10.1 Å². The van der Waals surface area contributed by atoms with Crippen LogP contribution < -0.4 is 5.73 Å². The summed E-state index contributed by atoms with van der Waals surface area (Å²) in [7, 11) is 1.55. The van der Waals surface area contributed by atoms with Crippen LogP contribution in [0.3, 0.4) is 0 Å². The van der Waals surface area contributed by atoms with Crippen LogP contribution in [0, 0.1) is 17.0 Å². The highest BCUT2D eigenvalue weighted by molar-refractivity contribution is 5.85. The van der Waals surface area contributed by atoms with Crippen molar-refractivity contribution < 1.29 is 9.66 Å². The van der Waals surface area contributed by atoms with Gasteiger partial charge in [0.05, 0.1) is 16.1 Å². The van der Waals surface area contributed by atoms with Gasteiger partial charge in [-0.15, -0.1) is 0 Å². The van der Waals surface area contributed by atoms with Gasteiger partial charge in [0.15, 0.2) is 0 Å². The highest BCUT2D eigenvalue weighted by atomic mass is 16.6. The number of nitro benzene ring substituents is 1. The van der Waals surface area contributed by atoms with E-state index >= 15 is 0 Å². The number of nitrogens with zero attached hydrogens (tertiary/aromatic N) is 4. The summed E-state index contributed by atoms with van der Waals surface area (Å²) < 4.78 is 6.88. The van der Waals surface area contributed by atoms with Gasteiger partial charge in [-0.25, -0.2) is 9.50 Å². The summed E-state index contributed by atoms with van der Waals surface area (Å²) in [6.45, 7) is 1.96. The number of benzene rings is 1. The van der Waals surface area contributed by atoms with E-state index in [9.17, 15) is 10.1 Å². The summed E-state index contributed by atoms with van der Waals surface area (Å²) in [5.74, 6) is 0. The maximum Gasteiger partial charge on any atom is 0.269 e. The van der Waals surface area contributed by atoms with Gasteiger partial charge in [-0.2, -0.15) is 5.10 Å². The van der Waals surface area contributed by atoms with Gasteiger partial charge in [0, 0.05) is 37.4 Å². The summed E-state index contributed by atoms with van der Waals surface area (Å²) in [5.41, 5.74) is 10.3. The van der Waals surface area contributed by atoms with Crippen molar-refractivity contribution in [1.29, 1.82) is 0 Å². The van der Waals surface area contributed by atoms with E-state index in [1.165, 1.54) is 18.5 Å². The average Bonchev–Trinajstić information content (AvgIpc) is 2.91. The minimum absolute atomic E-state index is 0.0535. The number of nitro groups is 1. The summed E-state index contributed by atoms with van der Waals surface area (Å²) >= 11 is 0. The molecule has 2 aromatic heterocycles. The van der Waals surface area contributed by atoms with Crippen molar-refractivity contribution in [2.24, 2.45) is 5.73 Å². The normalized spacial score (nSPS) is 12.5. The lowest BCUT2D eigenvalue weighted by Gasteiger charge is -2.11. The van der Waals surface area contributed by atoms with Crippen LogP contribution in [-0.4, -0.2) is 32.9 Å². The van der Waals surface area contributed by atoms with Crippen LogP contribution in [0.5, 0.6) is 0 Å². The van der Waals surface area contributed by atoms with Crippen molar-refractivity contribution in [1.82, 2.24) is 14.6 Å². The first-order chi connectivity index (χ1) is 11.5. The molecule has 24 heavy (non-hydrogen) atoms. The zero-order valence-electron chi connectivity index (χ0n) is 13.3. The fraction of sp³-hybridized carbons (Fsp3) is 0.250. The fourth-order valence-electron chi connectivity index (χ4n) is 2.73. The van der Waals surface area contributed by atoms with Gasteiger partial charge >= 0.3 is 0 Å². The minimum atomic E-state index is -0.469. The number of non-ortho nitro benzene ring substituents is 1. The van der Waals surface area contributed by atoms with E-state index in [4.69, 9.17) is 10.5 Å². The molecule has 0 bridgehead atoms. The molecule has 3 rings (SSSR count). The quantitative estimate of drug-likeness (QED) is 0.436. The Hall–Kier alpha value is -2.84. The van der Waals surface area contributed by atoms with Gasteiger partial charge in [-0.1, -0.05) is 0 Å². The summed E-state index contributed by atoms with van der Waals surface area (Å²) in [6.07, 6.45) is 3.34. The number of ether oxygens (including phenoxy) is 1. The first-order valence-electron chi connectivity index (χ1n) is 7.36. The van der Waals surface area contributed by atoms with Crippen LogP contribution >= 0.6 is 0 Å². The zero-order valence-corrected chi connectivity index (χ0v) is 13.3. The molecule has 0 saturated heterocycles. The Morgan fingerprint density at radius 2 is 2.08 bits per heavy atom. The topological polar surface area (TPSA) is 109 Å². The van der Waals surface area contributed by atoms with E-state index in [2.05, 4.69) is 10.1 Å². The van der Waals surface area contributed by atoms with Crippen molar-refractivity contribution in [3.63, 3.8) is 0 Å². The Kier molecular flexibility index (Phi) is 4.24. The molecule has 0 spiro atoms. The molecule has 0 saturated carbocycles. The lowest BCUT2D eigenvalue weighted by Crippen LogP contribution is -2.25. The molecule has 0 aliphatic carbocycles. The molecule has 2 heterocycles.